The summed E-state index contributed by atoms with van der Waals surface area (Å²) >= 11 is 13.9. The second-order valence-electron chi connectivity index (χ2n) is 6.24. The van der Waals surface area contributed by atoms with Gasteiger partial charge in [-0.1, -0.05) is 36.2 Å². The number of ether oxygens (including phenoxy) is 1. The maximum Gasteiger partial charge on any atom is 0.225 e. The molecule has 4 rings (SSSR count). The monoisotopic (exact) mass is 378 g/mol. The zero-order valence-corrected chi connectivity index (χ0v) is 15.5. The maximum absolute atomic E-state index is 6.23. The lowest BCUT2D eigenvalue weighted by atomic mass is 9.89. The second-order valence-corrected chi connectivity index (χ2v) is 8.16. The summed E-state index contributed by atoms with van der Waals surface area (Å²) < 4.78 is 6.01. The Bertz CT molecular complexity index is 909. The van der Waals surface area contributed by atoms with Crippen molar-refractivity contribution in [2.75, 3.05) is 0 Å². The SMILES string of the molecule is CC1CCc2c(sc3ncnc(OCc4ccc(Cl)cc4Cl)c23)C1. The molecule has 0 saturated carbocycles. The van der Waals surface area contributed by atoms with E-state index in [0.29, 0.717) is 22.5 Å². The Morgan fingerprint density at radius 3 is 3.00 bits per heavy atom. The quantitative estimate of drug-likeness (QED) is 0.585. The van der Waals surface area contributed by atoms with Crippen LogP contribution >= 0.6 is 34.5 Å². The molecule has 1 aromatic carbocycles. The van der Waals surface area contributed by atoms with Gasteiger partial charge in [0.25, 0.3) is 0 Å². The van der Waals surface area contributed by atoms with Crippen molar-refractivity contribution in [3.63, 3.8) is 0 Å². The van der Waals surface area contributed by atoms with E-state index in [0.717, 1.165) is 34.5 Å². The van der Waals surface area contributed by atoms with Gasteiger partial charge in [-0.25, -0.2) is 9.97 Å². The fourth-order valence-corrected chi connectivity index (χ4v) is 4.94. The second kappa shape index (κ2) is 6.51. The van der Waals surface area contributed by atoms with Gasteiger partial charge in [-0.2, -0.15) is 0 Å². The van der Waals surface area contributed by atoms with Crippen LogP contribution in [0.2, 0.25) is 10.0 Å². The molecule has 0 saturated heterocycles. The summed E-state index contributed by atoms with van der Waals surface area (Å²) in [7, 11) is 0. The number of aryl methyl sites for hydroxylation is 1. The molecule has 2 aromatic heterocycles. The van der Waals surface area contributed by atoms with E-state index in [1.165, 1.54) is 16.9 Å². The summed E-state index contributed by atoms with van der Waals surface area (Å²) in [5, 5.41) is 2.30. The zero-order chi connectivity index (χ0) is 16.7. The molecule has 0 fully saturated rings. The van der Waals surface area contributed by atoms with Crippen LogP contribution in [-0.4, -0.2) is 9.97 Å². The van der Waals surface area contributed by atoms with Crippen LogP contribution in [0.15, 0.2) is 24.5 Å². The summed E-state index contributed by atoms with van der Waals surface area (Å²) in [5.74, 6) is 1.38. The van der Waals surface area contributed by atoms with Crippen LogP contribution in [0.3, 0.4) is 0 Å². The molecule has 1 aliphatic rings. The van der Waals surface area contributed by atoms with Gasteiger partial charge in [0, 0.05) is 20.5 Å². The van der Waals surface area contributed by atoms with Gasteiger partial charge in [-0.15, -0.1) is 11.3 Å². The summed E-state index contributed by atoms with van der Waals surface area (Å²) in [6.45, 7) is 2.67. The standard InChI is InChI=1S/C18H16Cl2N2OS/c1-10-2-5-13-15(6-10)24-18-16(13)17(21-9-22-18)23-8-11-3-4-12(19)7-14(11)20/h3-4,7,9-10H,2,5-6,8H2,1H3. The lowest BCUT2D eigenvalue weighted by Gasteiger charge is -2.18. The number of benzene rings is 1. The third kappa shape index (κ3) is 2.99. The highest BCUT2D eigenvalue weighted by molar-refractivity contribution is 7.18. The Balaban J connectivity index is 1.67. The van der Waals surface area contributed by atoms with Crippen molar-refractivity contribution in [2.45, 2.75) is 32.8 Å². The molecule has 3 nitrogen and oxygen atoms in total. The molecule has 0 spiro atoms. The Kier molecular flexibility index (Phi) is 4.37. The highest BCUT2D eigenvalue weighted by atomic mass is 35.5. The summed E-state index contributed by atoms with van der Waals surface area (Å²) in [5.41, 5.74) is 2.26. The topological polar surface area (TPSA) is 35.0 Å². The Hall–Kier alpha value is -1.36. The van der Waals surface area contributed by atoms with E-state index in [4.69, 9.17) is 27.9 Å². The minimum atomic E-state index is 0.364. The van der Waals surface area contributed by atoms with Gasteiger partial charge in [0.15, 0.2) is 0 Å². The smallest absolute Gasteiger partial charge is 0.225 e. The van der Waals surface area contributed by atoms with Gasteiger partial charge in [-0.05, 0) is 42.9 Å². The number of hydrogen-bond acceptors (Lipinski definition) is 4. The molecular weight excluding hydrogens is 363 g/mol. The molecular formula is C18H16Cl2N2OS. The van der Waals surface area contributed by atoms with Crippen molar-refractivity contribution in [1.82, 2.24) is 9.97 Å². The first-order valence-electron chi connectivity index (χ1n) is 7.94. The summed E-state index contributed by atoms with van der Waals surface area (Å²) in [6.07, 6.45) is 4.98. The van der Waals surface area contributed by atoms with E-state index in [1.54, 1.807) is 23.7 Å². The fourth-order valence-electron chi connectivity index (χ4n) is 3.14. The largest absolute Gasteiger partial charge is 0.472 e. The average Bonchev–Trinajstić information content (AvgIpc) is 2.92. The fraction of sp³-hybridized carbons (Fsp3) is 0.333. The number of rotatable bonds is 3. The van der Waals surface area contributed by atoms with Crippen molar-refractivity contribution >= 4 is 44.8 Å². The highest BCUT2D eigenvalue weighted by Crippen LogP contribution is 2.40. The number of hydrogen-bond donors (Lipinski definition) is 0. The molecule has 24 heavy (non-hydrogen) atoms. The van der Waals surface area contributed by atoms with E-state index in [-0.39, 0.29) is 0 Å². The van der Waals surface area contributed by atoms with Gasteiger partial charge in [0.2, 0.25) is 5.88 Å². The minimum Gasteiger partial charge on any atom is -0.472 e. The van der Waals surface area contributed by atoms with E-state index < -0.39 is 0 Å². The zero-order valence-electron chi connectivity index (χ0n) is 13.2. The predicted molar refractivity (Wildman–Crippen MR) is 99.4 cm³/mol. The molecule has 3 aromatic rings. The van der Waals surface area contributed by atoms with Crippen molar-refractivity contribution in [3.05, 3.63) is 50.6 Å². The van der Waals surface area contributed by atoms with Crippen LogP contribution in [0.25, 0.3) is 10.2 Å². The first-order chi connectivity index (χ1) is 11.6. The number of aromatic nitrogens is 2. The van der Waals surface area contributed by atoms with Crippen molar-refractivity contribution in [1.29, 1.82) is 0 Å². The molecule has 1 atom stereocenters. The van der Waals surface area contributed by atoms with Crippen LogP contribution in [0.1, 0.15) is 29.3 Å². The molecule has 0 aliphatic heterocycles. The highest BCUT2D eigenvalue weighted by Gasteiger charge is 2.23. The summed E-state index contributed by atoms with van der Waals surface area (Å²) in [4.78, 5) is 11.3. The first kappa shape index (κ1) is 16.1. The normalized spacial score (nSPS) is 17.0. The molecule has 0 bridgehead atoms. The predicted octanol–water partition coefficient (Wildman–Crippen LogP) is 5.70. The Morgan fingerprint density at radius 2 is 2.17 bits per heavy atom. The van der Waals surface area contributed by atoms with Crippen LogP contribution in [-0.2, 0) is 19.4 Å². The van der Waals surface area contributed by atoms with E-state index >= 15 is 0 Å². The van der Waals surface area contributed by atoms with E-state index in [1.807, 2.05) is 12.1 Å². The van der Waals surface area contributed by atoms with Crippen LogP contribution in [0.4, 0.5) is 0 Å². The van der Waals surface area contributed by atoms with Crippen molar-refractivity contribution in [2.24, 2.45) is 5.92 Å². The van der Waals surface area contributed by atoms with Crippen molar-refractivity contribution in [3.8, 4) is 5.88 Å². The average molecular weight is 379 g/mol. The third-order valence-corrected chi connectivity index (χ3v) is 6.19. The lowest BCUT2D eigenvalue weighted by Crippen LogP contribution is -2.09. The Labute approximate surface area is 154 Å². The molecule has 0 amide bonds. The molecule has 0 N–H and O–H groups in total. The van der Waals surface area contributed by atoms with Gasteiger partial charge < -0.3 is 4.74 Å². The number of fused-ring (bicyclic) bond motifs is 3. The minimum absolute atomic E-state index is 0.364. The van der Waals surface area contributed by atoms with Gasteiger partial charge in [0.05, 0.1) is 5.39 Å². The number of thiophene rings is 1. The van der Waals surface area contributed by atoms with Crippen LogP contribution in [0, 0.1) is 5.92 Å². The maximum atomic E-state index is 6.23. The van der Waals surface area contributed by atoms with Crippen LogP contribution < -0.4 is 4.74 Å². The molecule has 2 heterocycles. The van der Waals surface area contributed by atoms with Crippen molar-refractivity contribution < 1.29 is 4.74 Å². The molecule has 1 aliphatic carbocycles. The van der Waals surface area contributed by atoms with Gasteiger partial charge in [-0.3, -0.25) is 0 Å². The van der Waals surface area contributed by atoms with Crippen LogP contribution in [0.5, 0.6) is 5.88 Å². The Morgan fingerprint density at radius 1 is 1.29 bits per heavy atom. The van der Waals surface area contributed by atoms with E-state index in [2.05, 4.69) is 16.9 Å². The molecule has 6 heteroatoms. The number of halogens is 2. The van der Waals surface area contributed by atoms with E-state index in [9.17, 15) is 0 Å². The molecule has 1 unspecified atom stereocenters. The first-order valence-corrected chi connectivity index (χ1v) is 9.51. The molecule has 124 valence electrons. The van der Waals surface area contributed by atoms with Gasteiger partial charge in [0.1, 0.15) is 17.8 Å². The summed E-state index contributed by atoms with van der Waals surface area (Å²) in [6, 6.07) is 5.43. The van der Waals surface area contributed by atoms with Gasteiger partial charge >= 0.3 is 0 Å². The third-order valence-electron chi connectivity index (χ3n) is 4.44. The number of nitrogens with zero attached hydrogens (tertiary/aromatic N) is 2. The lowest BCUT2D eigenvalue weighted by molar-refractivity contribution is 0.297. The molecule has 0 radical (unpaired) electrons.